The standard InChI is InChI=1S/C28H28N2O6/c1-34-22-15-20(16-23(35-2)27(22)36-3)25-24(21(31)10-9-18-7-5-4-6-8-18)26(32)28(33)30(25)17-19-11-13-29-14-12-19/h4-8,11-16,25,32H,9-10,17H2,1-3H3. The molecule has 1 aliphatic heterocycles. The molecule has 8 nitrogen and oxygen atoms in total. The van der Waals surface area contributed by atoms with Crippen molar-refractivity contribution in [3.63, 3.8) is 0 Å². The number of aliphatic hydroxyl groups is 1. The normalized spacial score (nSPS) is 15.2. The number of rotatable bonds is 10. The molecule has 8 heteroatoms. The van der Waals surface area contributed by atoms with Gasteiger partial charge in [0.05, 0.1) is 32.9 Å². The number of hydrogen-bond acceptors (Lipinski definition) is 7. The monoisotopic (exact) mass is 488 g/mol. The van der Waals surface area contributed by atoms with Crippen LogP contribution in [0.4, 0.5) is 0 Å². The fourth-order valence-electron chi connectivity index (χ4n) is 4.43. The van der Waals surface area contributed by atoms with Crippen molar-refractivity contribution in [1.29, 1.82) is 0 Å². The van der Waals surface area contributed by atoms with E-state index in [0.717, 1.165) is 11.1 Å². The molecule has 1 unspecified atom stereocenters. The minimum atomic E-state index is -0.845. The van der Waals surface area contributed by atoms with Crippen LogP contribution in [-0.2, 0) is 22.6 Å². The average molecular weight is 489 g/mol. The first-order chi connectivity index (χ1) is 17.5. The predicted molar refractivity (Wildman–Crippen MR) is 133 cm³/mol. The van der Waals surface area contributed by atoms with E-state index in [9.17, 15) is 14.7 Å². The van der Waals surface area contributed by atoms with Crippen LogP contribution in [0.15, 0.2) is 78.3 Å². The van der Waals surface area contributed by atoms with Crippen molar-refractivity contribution in [2.75, 3.05) is 21.3 Å². The molecule has 186 valence electrons. The van der Waals surface area contributed by atoms with Crippen LogP contribution in [0.5, 0.6) is 17.2 Å². The Hall–Kier alpha value is -4.33. The largest absolute Gasteiger partial charge is 0.503 e. The summed E-state index contributed by atoms with van der Waals surface area (Å²) in [5.74, 6) is -0.314. The summed E-state index contributed by atoms with van der Waals surface area (Å²) in [6.45, 7) is 0.169. The van der Waals surface area contributed by atoms with E-state index in [0.29, 0.717) is 29.2 Å². The summed E-state index contributed by atoms with van der Waals surface area (Å²) in [6, 6.07) is 15.7. The van der Waals surface area contributed by atoms with Gasteiger partial charge in [-0.3, -0.25) is 14.6 Å². The van der Waals surface area contributed by atoms with E-state index >= 15 is 0 Å². The third-order valence-corrected chi connectivity index (χ3v) is 6.19. The third-order valence-electron chi connectivity index (χ3n) is 6.19. The van der Waals surface area contributed by atoms with Crippen molar-refractivity contribution in [2.45, 2.75) is 25.4 Å². The van der Waals surface area contributed by atoms with E-state index in [1.54, 1.807) is 36.7 Å². The molecule has 3 aromatic rings. The SMILES string of the molecule is COc1cc(C2C(C(=O)CCc3ccccc3)=C(O)C(=O)N2Cc2ccncc2)cc(OC)c1OC. The molecule has 0 aliphatic carbocycles. The van der Waals surface area contributed by atoms with Gasteiger partial charge in [-0.2, -0.15) is 0 Å². The molecule has 0 spiro atoms. The fourth-order valence-corrected chi connectivity index (χ4v) is 4.43. The van der Waals surface area contributed by atoms with Crippen molar-refractivity contribution in [3.8, 4) is 17.2 Å². The number of aromatic nitrogens is 1. The topological polar surface area (TPSA) is 98.2 Å². The second-order valence-corrected chi connectivity index (χ2v) is 8.32. The summed E-state index contributed by atoms with van der Waals surface area (Å²) >= 11 is 0. The summed E-state index contributed by atoms with van der Waals surface area (Å²) in [6.07, 6.45) is 3.88. The van der Waals surface area contributed by atoms with Gasteiger partial charge < -0.3 is 24.2 Å². The molecule has 1 aliphatic rings. The molecule has 0 saturated carbocycles. The summed E-state index contributed by atoms with van der Waals surface area (Å²) in [7, 11) is 4.49. The second kappa shape index (κ2) is 10.9. The number of Topliss-reactive ketones (excluding diaryl/α,β-unsaturated/α-hetero) is 1. The zero-order valence-corrected chi connectivity index (χ0v) is 20.4. The van der Waals surface area contributed by atoms with Gasteiger partial charge in [0.1, 0.15) is 0 Å². The zero-order chi connectivity index (χ0) is 25.7. The lowest BCUT2D eigenvalue weighted by Crippen LogP contribution is -2.30. The Morgan fingerprint density at radius 3 is 2.17 bits per heavy atom. The minimum absolute atomic E-state index is 0.0549. The maximum absolute atomic E-state index is 13.5. The van der Waals surface area contributed by atoms with Gasteiger partial charge in [-0.25, -0.2) is 0 Å². The molecule has 1 N–H and O–H groups in total. The van der Waals surface area contributed by atoms with Gasteiger partial charge in [0.2, 0.25) is 5.75 Å². The maximum Gasteiger partial charge on any atom is 0.290 e. The molecule has 1 amide bonds. The fraction of sp³-hybridized carbons (Fsp3) is 0.250. The zero-order valence-electron chi connectivity index (χ0n) is 20.4. The smallest absolute Gasteiger partial charge is 0.290 e. The number of nitrogens with zero attached hydrogens (tertiary/aromatic N) is 2. The van der Waals surface area contributed by atoms with E-state index in [1.807, 2.05) is 30.3 Å². The number of hydrogen-bond donors (Lipinski definition) is 1. The number of carbonyl (C=O) groups excluding carboxylic acids is 2. The van der Waals surface area contributed by atoms with Gasteiger partial charge in [-0.05, 0) is 47.4 Å². The van der Waals surface area contributed by atoms with Crippen LogP contribution in [0, 0.1) is 0 Å². The molecular weight excluding hydrogens is 460 g/mol. The number of aliphatic hydroxyl groups excluding tert-OH is 1. The van der Waals surface area contributed by atoms with Crippen molar-refractivity contribution in [2.24, 2.45) is 0 Å². The van der Waals surface area contributed by atoms with Gasteiger partial charge in [0, 0.05) is 25.4 Å². The third kappa shape index (κ3) is 4.88. The Labute approximate surface area is 209 Å². The van der Waals surface area contributed by atoms with Crippen molar-refractivity contribution < 1.29 is 28.9 Å². The number of pyridine rings is 1. The van der Waals surface area contributed by atoms with E-state index in [-0.39, 0.29) is 24.3 Å². The van der Waals surface area contributed by atoms with E-state index < -0.39 is 17.7 Å². The number of benzene rings is 2. The van der Waals surface area contributed by atoms with Gasteiger partial charge >= 0.3 is 0 Å². The lowest BCUT2D eigenvalue weighted by molar-refractivity contribution is -0.130. The number of carbonyl (C=O) groups is 2. The predicted octanol–water partition coefficient (Wildman–Crippen LogP) is 4.20. The van der Waals surface area contributed by atoms with Crippen LogP contribution in [0.3, 0.4) is 0 Å². The van der Waals surface area contributed by atoms with Crippen LogP contribution >= 0.6 is 0 Å². The van der Waals surface area contributed by atoms with Gasteiger partial charge in [0.15, 0.2) is 23.0 Å². The summed E-state index contributed by atoms with van der Waals surface area (Å²) in [5, 5.41) is 10.9. The van der Waals surface area contributed by atoms with Crippen LogP contribution in [0.2, 0.25) is 0 Å². The molecule has 36 heavy (non-hydrogen) atoms. The Kier molecular flexibility index (Phi) is 7.53. The first-order valence-electron chi connectivity index (χ1n) is 11.5. The van der Waals surface area contributed by atoms with E-state index in [1.165, 1.54) is 26.2 Å². The Morgan fingerprint density at radius 2 is 1.58 bits per heavy atom. The van der Waals surface area contributed by atoms with Crippen molar-refractivity contribution >= 4 is 11.7 Å². The Morgan fingerprint density at radius 1 is 0.944 bits per heavy atom. The van der Waals surface area contributed by atoms with E-state index in [2.05, 4.69) is 4.98 Å². The highest BCUT2D eigenvalue weighted by molar-refractivity contribution is 6.09. The van der Waals surface area contributed by atoms with Crippen LogP contribution in [0.25, 0.3) is 0 Å². The number of methoxy groups -OCH3 is 3. The minimum Gasteiger partial charge on any atom is -0.503 e. The molecular formula is C28H28N2O6. The maximum atomic E-state index is 13.5. The molecule has 4 rings (SSSR count). The van der Waals surface area contributed by atoms with E-state index in [4.69, 9.17) is 14.2 Å². The van der Waals surface area contributed by atoms with Gasteiger partial charge in [-0.1, -0.05) is 30.3 Å². The number of aryl methyl sites for hydroxylation is 1. The van der Waals surface area contributed by atoms with Crippen molar-refractivity contribution in [1.82, 2.24) is 9.88 Å². The lowest BCUT2D eigenvalue weighted by atomic mass is 9.92. The Balaban J connectivity index is 1.77. The lowest BCUT2D eigenvalue weighted by Gasteiger charge is -2.28. The number of ether oxygens (including phenoxy) is 3. The van der Waals surface area contributed by atoms with Crippen LogP contribution in [0.1, 0.15) is 29.2 Å². The van der Waals surface area contributed by atoms with Crippen LogP contribution < -0.4 is 14.2 Å². The molecule has 0 bridgehead atoms. The number of amides is 1. The molecule has 0 fully saturated rings. The molecule has 2 aromatic carbocycles. The molecule has 1 aromatic heterocycles. The average Bonchev–Trinajstić information content (AvgIpc) is 3.17. The molecule has 1 atom stereocenters. The summed E-state index contributed by atoms with van der Waals surface area (Å²) in [5.41, 5.74) is 2.41. The highest BCUT2D eigenvalue weighted by atomic mass is 16.5. The van der Waals surface area contributed by atoms with Gasteiger partial charge in [0.25, 0.3) is 5.91 Å². The highest BCUT2D eigenvalue weighted by Crippen LogP contribution is 2.45. The highest BCUT2D eigenvalue weighted by Gasteiger charge is 2.43. The quantitative estimate of drug-likeness (QED) is 0.457. The summed E-state index contributed by atoms with van der Waals surface area (Å²) in [4.78, 5) is 32.3. The first kappa shape index (κ1) is 24.8. The number of ketones is 1. The first-order valence-corrected chi connectivity index (χ1v) is 11.5. The Bertz CT molecular complexity index is 1250. The second-order valence-electron chi connectivity index (χ2n) is 8.32. The molecule has 0 radical (unpaired) electrons. The van der Waals surface area contributed by atoms with Crippen LogP contribution in [-0.4, -0.2) is 48.0 Å². The summed E-state index contributed by atoms with van der Waals surface area (Å²) < 4.78 is 16.5. The molecule has 2 heterocycles. The molecule has 0 saturated heterocycles. The van der Waals surface area contributed by atoms with Gasteiger partial charge in [-0.15, -0.1) is 0 Å². The van der Waals surface area contributed by atoms with Crippen molar-refractivity contribution in [3.05, 3.63) is 95.0 Å².